The lowest BCUT2D eigenvalue weighted by Crippen LogP contribution is -2.39. The fraction of sp³-hybridized carbons (Fsp3) is 0.179. The topological polar surface area (TPSA) is 25.2 Å². The fourth-order valence-electron chi connectivity index (χ4n) is 4.78. The Kier molecular flexibility index (Phi) is 6.26. The lowest BCUT2D eigenvalue weighted by molar-refractivity contribution is -0.133. The molecule has 3 aromatic carbocycles. The van der Waals surface area contributed by atoms with Crippen LogP contribution in [-0.4, -0.2) is 21.9 Å². The molecule has 166 valence electrons. The summed E-state index contributed by atoms with van der Waals surface area (Å²) in [4.78, 5) is 16.4. The van der Waals surface area contributed by atoms with Crippen molar-refractivity contribution in [3.8, 4) is 0 Å². The molecule has 2 heterocycles. The van der Waals surface area contributed by atoms with E-state index in [1.807, 2.05) is 89.8 Å². The van der Waals surface area contributed by atoms with Gasteiger partial charge in [-0.25, -0.2) is 0 Å². The number of rotatable bonds is 4. The van der Waals surface area contributed by atoms with Crippen LogP contribution in [0.15, 0.2) is 97.2 Å². The molecule has 33 heavy (non-hydrogen) atoms. The molecular weight excluding hydrogens is 451 g/mol. The molecule has 1 unspecified atom stereocenters. The molecule has 1 aromatic heterocycles. The van der Waals surface area contributed by atoms with E-state index >= 15 is 0 Å². The number of hydrogen-bond acceptors (Lipinski definition) is 1. The average Bonchev–Trinajstić information content (AvgIpc) is 3.22. The van der Waals surface area contributed by atoms with Crippen LogP contribution in [0.25, 0.3) is 0 Å². The van der Waals surface area contributed by atoms with Crippen LogP contribution in [0.4, 0.5) is 0 Å². The van der Waals surface area contributed by atoms with Gasteiger partial charge in [-0.2, -0.15) is 0 Å². The highest BCUT2D eigenvalue weighted by atomic mass is 35.5. The first-order valence-electron chi connectivity index (χ1n) is 11.1. The van der Waals surface area contributed by atoms with Crippen LogP contribution in [-0.2, 0) is 11.3 Å². The summed E-state index contributed by atoms with van der Waals surface area (Å²) >= 11 is 12.6. The number of nitrogens with zero attached hydrogens (tertiary/aromatic N) is 2. The Hall–Kier alpha value is -3.01. The SMILES string of the molecule is O=C(C(c1ccccc1)c1ccccc1)N1CCCn2cccc2C1c1ccc(Cl)c(Cl)c1. The monoisotopic (exact) mass is 474 g/mol. The van der Waals surface area contributed by atoms with Crippen LogP contribution in [0.3, 0.4) is 0 Å². The van der Waals surface area contributed by atoms with E-state index in [0.29, 0.717) is 16.6 Å². The molecule has 4 aromatic rings. The van der Waals surface area contributed by atoms with Crippen LogP contribution >= 0.6 is 23.2 Å². The number of halogens is 2. The fourth-order valence-corrected chi connectivity index (χ4v) is 5.09. The zero-order valence-corrected chi connectivity index (χ0v) is 19.6. The van der Waals surface area contributed by atoms with Crippen LogP contribution in [0.5, 0.6) is 0 Å². The number of aryl methyl sites for hydroxylation is 1. The number of carbonyl (C=O) groups excluding carboxylic acids is 1. The Morgan fingerprint density at radius 2 is 1.45 bits per heavy atom. The molecule has 0 radical (unpaired) electrons. The van der Waals surface area contributed by atoms with E-state index in [1.54, 1.807) is 0 Å². The number of benzene rings is 3. The molecule has 1 amide bonds. The third-order valence-electron chi connectivity index (χ3n) is 6.31. The minimum absolute atomic E-state index is 0.0816. The van der Waals surface area contributed by atoms with Crippen molar-refractivity contribution in [2.24, 2.45) is 0 Å². The highest BCUT2D eigenvalue weighted by molar-refractivity contribution is 6.42. The maximum absolute atomic E-state index is 14.4. The first kappa shape index (κ1) is 21.8. The van der Waals surface area contributed by atoms with E-state index in [2.05, 4.69) is 16.8 Å². The molecule has 0 bridgehead atoms. The maximum Gasteiger partial charge on any atom is 0.235 e. The van der Waals surface area contributed by atoms with E-state index < -0.39 is 0 Å². The number of hydrogen-bond donors (Lipinski definition) is 0. The summed E-state index contributed by atoms with van der Waals surface area (Å²) in [6.07, 6.45) is 2.96. The zero-order chi connectivity index (χ0) is 22.8. The minimum atomic E-state index is -0.390. The van der Waals surface area contributed by atoms with E-state index in [1.165, 1.54) is 0 Å². The molecule has 5 heteroatoms. The first-order chi connectivity index (χ1) is 16.1. The van der Waals surface area contributed by atoms with Crippen molar-refractivity contribution in [3.63, 3.8) is 0 Å². The van der Waals surface area contributed by atoms with Gasteiger partial charge >= 0.3 is 0 Å². The Balaban J connectivity index is 1.64. The highest BCUT2D eigenvalue weighted by Crippen LogP contribution is 2.38. The molecular formula is C28H24Cl2N2O. The summed E-state index contributed by atoms with van der Waals surface area (Å²) in [6.45, 7) is 1.52. The van der Waals surface area contributed by atoms with Gasteiger partial charge in [0.05, 0.1) is 22.0 Å². The summed E-state index contributed by atoms with van der Waals surface area (Å²) < 4.78 is 2.24. The van der Waals surface area contributed by atoms with Gasteiger partial charge in [0.2, 0.25) is 5.91 Å². The van der Waals surface area contributed by atoms with Crippen molar-refractivity contribution < 1.29 is 4.79 Å². The van der Waals surface area contributed by atoms with E-state index in [0.717, 1.165) is 35.3 Å². The quantitative estimate of drug-likeness (QED) is 0.314. The smallest absolute Gasteiger partial charge is 0.235 e. The first-order valence-corrected chi connectivity index (χ1v) is 11.9. The van der Waals surface area contributed by atoms with Crippen LogP contribution < -0.4 is 0 Å². The standard InChI is InChI=1S/C28H24Cl2N2O/c29-23-15-14-22(19-24(23)30)27-25-13-7-16-31(25)17-8-18-32(27)28(33)26(20-9-3-1-4-10-20)21-11-5-2-6-12-21/h1-7,9-16,19,26-27H,8,17-18H2. The third-order valence-corrected chi connectivity index (χ3v) is 7.05. The summed E-state index contributed by atoms with van der Waals surface area (Å²) in [5.74, 6) is -0.308. The molecule has 3 nitrogen and oxygen atoms in total. The Bertz CT molecular complexity index is 1210. The second kappa shape index (κ2) is 9.46. The van der Waals surface area contributed by atoms with Gasteiger partial charge in [-0.3, -0.25) is 4.79 Å². The normalized spacial score (nSPS) is 15.8. The summed E-state index contributed by atoms with van der Waals surface area (Å²) in [7, 11) is 0. The lowest BCUT2D eigenvalue weighted by atomic mass is 9.88. The van der Waals surface area contributed by atoms with E-state index in [4.69, 9.17) is 23.2 Å². The van der Waals surface area contributed by atoms with Gasteiger partial charge in [0, 0.05) is 25.0 Å². The van der Waals surface area contributed by atoms with Gasteiger partial charge in [-0.1, -0.05) is 89.9 Å². The number of fused-ring (bicyclic) bond motifs is 1. The number of amides is 1. The van der Waals surface area contributed by atoms with Crippen molar-refractivity contribution in [1.82, 2.24) is 9.47 Å². The number of carbonyl (C=O) groups is 1. The highest BCUT2D eigenvalue weighted by Gasteiger charge is 2.35. The molecule has 0 saturated carbocycles. The second-order valence-electron chi connectivity index (χ2n) is 8.34. The second-order valence-corrected chi connectivity index (χ2v) is 9.16. The van der Waals surface area contributed by atoms with Crippen molar-refractivity contribution >= 4 is 29.1 Å². The summed E-state index contributed by atoms with van der Waals surface area (Å²) in [6, 6.07) is 29.6. The summed E-state index contributed by atoms with van der Waals surface area (Å²) in [5.41, 5.74) is 4.01. The zero-order valence-electron chi connectivity index (χ0n) is 18.1. The molecule has 1 aliphatic heterocycles. The molecule has 0 N–H and O–H groups in total. The maximum atomic E-state index is 14.4. The Labute approximate surface area is 204 Å². The van der Waals surface area contributed by atoms with Gasteiger partial charge in [-0.05, 0) is 47.4 Å². The van der Waals surface area contributed by atoms with Crippen molar-refractivity contribution in [1.29, 1.82) is 0 Å². The van der Waals surface area contributed by atoms with Gasteiger partial charge in [-0.15, -0.1) is 0 Å². The van der Waals surface area contributed by atoms with Gasteiger partial charge in [0.1, 0.15) is 0 Å². The molecule has 1 atom stereocenters. The number of aromatic nitrogens is 1. The van der Waals surface area contributed by atoms with Gasteiger partial charge in [0.25, 0.3) is 0 Å². The third kappa shape index (κ3) is 4.31. The summed E-state index contributed by atoms with van der Waals surface area (Å²) in [5, 5.41) is 1.00. The van der Waals surface area contributed by atoms with Gasteiger partial charge in [0.15, 0.2) is 0 Å². The van der Waals surface area contributed by atoms with Crippen LogP contribution in [0.1, 0.15) is 40.8 Å². The molecule has 0 aliphatic carbocycles. The van der Waals surface area contributed by atoms with Gasteiger partial charge < -0.3 is 9.47 Å². The van der Waals surface area contributed by atoms with Crippen molar-refractivity contribution in [2.75, 3.05) is 6.54 Å². The Morgan fingerprint density at radius 3 is 2.09 bits per heavy atom. The van der Waals surface area contributed by atoms with Crippen molar-refractivity contribution in [2.45, 2.75) is 24.9 Å². The van der Waals surface area contributed by atoms with E-state index in [9.17, 15) is 4.79 Å². The molecule has 5 rings (SSSR count). The molecule has 1 aliphatic rings. The van der Waals surface area contributed by atoms with Crippen molar-refractivity contribution in [3.05, 3.63) is 130 Å². The molecule has 0 fully saturated rings. The predicted octanol–water partition coefficient (Wildman–Crippen LogP) is 6.95. The molecule has 0 saturated heterocycles. The molecule has 0 spiro atoms. The predicted molar refractivity (Wildman–Crippen MR) is 134 cm³/mol. The van der Waals surface area contributed by atoms with Crippen LogP contribution in [0, 0.1) is 0 Å². The largest absolute Gasteiger partial charge is 0.349 e. The average molecular weight is 475 g/mol. The Morgan fingerprint density at radius 1 is 0.788 bits per heavy atom. The van der Waals surface area contributed by atoms with Crippen LogP contribution in [0.2, 0.25) is 10.0 Å². The van der Waals surface area contributed by atoms with E-state index in [-0.39, 0.29) is 17.9 Å². The minimum Gasteiger partial charge on any atom is -0.349 e. The lowest BCUT2D eigenvalue weighted by Gasteiger charge is -2.34.